The average Bonchev–Trinajstić information content (AvgIpc) is 2.48. The Labute approximate surface area is 136 Å². The van der Waals surface area contributed by atoms with E-state index in [2.05, 4.69) is 75.8 Å². The molecule has 0 unspecified atom stereocenters. The van der Waals surface area contributed by atoms with Crippen molar-refractivity contribution in [1.29, 1.82) is 0 Å². The van der Waals surface area contributed by atoms with E-state index in [-0.39, 0.29) is 0 Å². The maximum absolute atomic E-state index is 4.66. The van der Waals surface area contributed by atoms with Crippen molar-refractivity contribution in [3.63, 3.8) is 0 Å². The molecular weight excluding hydrogens is 268 g/mol. The van der Waals surface area contributed by atoms with Gasteiger partial charge in [0.2, 0.25) is 0 Å². The van der Waals surface area contributed by atoms with Crippen LogP contribution in [-0.2, 0) is 6.42 Å². The number of allylic oxidation sites excluding steroid dienone is 2. The van der Waals surface area contributed by atoms with Gasteiger partial charge in [0.1, 0.15) is 0 Å². The number of aryl methyl sites for hydroxylation is 1. The van der Waals surface area contributed by atoms with Gasteiger partial charge >= 0.3 is 0 Å². The van der Waals surface area contributed by atoms with E-state index in [0.717, 1.165) is 42.8 Å². The molecular formula is C20H30N2. The topological polar surface area (TPSA) is 24.4 Å². The second-order valence-electron chi connectivity index (χ2n) is 5.95. The van der Waals surface area contributed by atoms with Crippen LogP contribution in [0.1, 0.15) is 51.7 Å². The Morgan fingerprint density at radius 3 is 2.36 bits per heavy atom. The SMILES string of the molecule is C=C(NCCc1ccc(C)cc1)/C(C)=C(\C)N=C(C)CCC. The number of hydrogen-bond acceptors (Lipinski definition) is 2. The van der Waals surface area contributed by atoms with Gasteiger partial charge in [0, 0.05) is 23.7 Å². The van der Waals surface area contributed by atoms with Gasteiger partial charge in [-0.2, -0.15) is 0 Å². The Morgan fingerprint density at radius 2 is 1.77 bits per heavy atom. The predicted octanol–water partition coefficient (Wildman–Crippen LogP) is 5.20. The number of nitrogens with zero attached hydrogens (tertiary/aromatic N) is 1. The van der Waals surface area contributed by atoms with Crippen LogP contribution < -0.4 is 5.32 Å². The molecule has 1 aromatic rings. The monoisotopic (exact) mass is 298 g/mol. The van der Waals surface area contributed by atoms with Crippen molar-refractivity contribution >= 4 is 5.71 Å². The van der Waals surface area contributed by atoms with Crippen molar-refractivity contribution in [2.45, 2.75) is 53.9 Å². The largest absolute Gasteiger partial charge is 0.385 e. The lowest BCUT2D eigenvalue weighted by atomic mass is 10.1. The van der Waals surface area contributed by atoms with E-state index in [0.29, 0.717) is 0 Å². The summed E-state index contributed by atoms with van der Waals surface area (Å²) in [5.41, 5.74) is 7.00. The van der Waals surface area contributed by atoms with Gasteiger partial charge in [0.15, 0.2) is 0 Å². The van der Waals surface area contributed by atoms with Crippen molar-refractivity contribution in [2.75, 3.05) is 6.54 Å². The fourth-order valence-electron chi connectivity index (χ4n) is 2.25. The summed E-state index contributed by atoms with van der Waals surface area (Å²) in [5, 5.41) is 3.41. The van der Waals surface area contributed by atoms with E-state index < -0.39 is 0 Å². The standard InChI is InChI=1S/C20H30N2/c1-7-8-16(3)22-19(6)17(4)18(5)21-14-13-20-11-9-15(2)10-12-20/h9-12,21H,5,7-8,13-14H2,1-4,6H3/b19-17+,22-16?. The molecule has 22 heavy (non-hydrogen) atoms. The minimum atomic E-state index is 0.893. The summed E-state index contributed by atoms with van der Waals surface area (Å²) in [4.78, 5) is 4.66. The molecule has 1 aromatic carbocycles. The van der Waals surface area contributed by atoms with Crippen LogP contribution in [0, 0.1) is 6.92 Å². The molecule has 0 aliphatic rings. The molecule has 0 aliphatic heterocycles. The Bertz CT molecular complexity index is 548. The first-order chi connectivity index (χ1) is 10.4. The molecule has 0 saturated heterocycles. The van der Waals surface area contributed by atoms with Crippen molar-refractivity contribution in [2.24, 2.45) is 4.99 Å². The predicted molar refractivity (Wildman–Crippen MR) is 98.4 cm³/mol. The van der Waals surface area contributed by atoms with Crippen molar-refractivity contribution in [3.8, 4) is 0 Å². The molecule has 0 heterocycles. The van der Waals surface area contributed by atoms with Gasteiger partial charge in [-0.05, 0) is 51.7 Å². The highest BCUT2D eigenvalue weighted by atomic mass is 14.9. The molecule has 0 aliphatic carbocycles. The van der Waals surface area contributed by atoms with Crippen LogP contribution in [0.5, 0.6) is 0 Å². The van der Waals surface area contributed by atoms with Gasteiger partial charge in [-0.25, -0.2) is 0 Å². The maximum Gasteiger partial charge on any atom is 0.0421 e. The Morgan fingerprint density at radius 1 is 1.14 bits per heavy atom. The van der Waals surface area contributed by atoms with Gasteiger partial charge in [-0.15, -0.1) is 0 Å². The van der Waals surface area contributed by atoms with E-state index in [9.17, 15) is 0 Å². The third-order valence-electron chi connectivity index (χ3n) is 3.84. The number of rotatable bonds is 8. The minimum absolute atomic E-state index is 0.893. The highest BCUT2D eigenvalue weighted by Gasteiger charge is 2.02. The third kappa shape index (κ3) is 6.30. The van der Waals surface area contributed by atoms with E-state index in [1.54, 1.807) is 0 Å². The first kappa shape index (κ1) is 18.2. The molecule has 0 amide bonds. The molecule has 2 nitrogen and oxygen atoms in total. The fourth-order valence-corrected chi connectivity index (χ4v) is 2.25. The van der Waals surface area contributed by atoms with Gasteiger partial charge in [0.05, 0.1) is 0 Å². The lowest BCUT2D eigenvalue weighted by molar-refractivity contribution is 0.793. The van der Waals surface area contributed by atoms with Crippen LogP contribution in [0.25, 0.3) is 0 Å². The average molecular weight is 298 g/mol. The Balaban J connectivity index is 2.53. The summed E-state index contributed by atoms with van der Waals surface area (Å²) in [6, 6.07) is 8.69. The summed E-state index contributed by atoms with van der Waals surface area (Å²) in [6.07, 6.45) is 3.19. The molecule has 0 atom stereocenters. The quantitative estimate of drug-likeness (QED) is 0.518. The zero-order chi connectivity index (χ0) is 16.5. The Hall–Kier alpha value is -1.83. The van der Waals surface area contributed by atoms with Gasteiger partial charge in [0.25, 0.3) is 0 Å². The normalized spacial score (nSPS) is 12.9. The lowest BCUT2D eigenvalue weighted by Gasteiger charge is -2.12. The smallest absolute Gasteiger partial charge is 0.0421 e. The second kappa shape index (κ2) is 9.24. The van der Waals surface area contributed by atoms with E-state index in [1.807, 2.05) is 0 Å². The maximum atomic E-state index is 4.66. The number of hydrogen-bond donors (Lipinski definition) is 1. The summed E-state index contributed by atoms with van der Waals surface area (Å²) in [6.45, 7) is 15.5. The van der Waals surface area contributed by atoms with Crippen LogP contribution >= 0.6 is 0 Å². The molecule has 1 N–H and O–H groups in total. The zero-order valence-corrected chi connectivity index (χ0v) is 14.8. The molecule has 0 fully saturated rings. The van der Waals surface area contributed by atoms with Crippen LogP contribution in [0.15, 0.2) is 52.8 Å². The molecule has 1 rings (SSSR count). The van der Waals surface area contributed by atoms with E-state index in [1.165, 1.54) is 16.8 Å². The highest BCUT2D eigenvalue weighted by molar-refractivity contribution is 5.82. The molecule has 0 bridgehead atoms. The fraction of sp³-hybridized carbons (Fsp3) is 0.450. The third-order valence-corrected chi connectivity index (χ3v) is 3.84. The second-order valence-corrected chi connectivity index (χ2v) is 5.95. The number of nitrogens with one attached hydrogen (secondary N) is 1. The minimum Gasteiger partial charge on any atom is -0.385 e. The van der Waals surface area contributed by atoms with Crippen LogP contribution in [0.4, 0.5) is 0 Å². The van der Waals surface area contributed by atoms with Crippen LogP contribution in [-0.4, -0.2) is 12.3 Å². The highest BCUT2D eigenvalue weighted by Crippen LogP contribution is 2.13. The number of benzene rings is 1. The summed E-state index contributed by atoms with van der Waals surface area (Å²) in [5.74, 6) is 0. The molecule has 0 radical (unpaired) electrons. The van der Waals surface area contributed by atoms with E-state index >= 15 is 0 Å². The van der Waals surface area contributed by atoms with E-state index in [4.69, 9.17) is 0 Å². The molecule has 0 spiro atoms. The Kier molecular flexibility index (Phi) is 7.65. The van der Waals surface area contributed by atoms with Crippen molar-refractivity contribution in [1.82, 2.24) is 5.32 Å². The zero-order valence-electron chi connectivity index (χ0n) is 14.8. The first-order valence-corrected chi connectivity index (χ1v) is 8.14. The summed E-state index contributed by atoms with van der Waals surface area (Å²) < 4.78 is 0. The molecule has 120 valence electrons. The van der Waals surface area contributed by atoms with Crippen LogP contribution in [0.3, 0.4) is 0 Å². The molecule has 0 aromatic heterocycles. The van der Waals surface area contributed by atoms with Crippen LogP contribution in [0.2, 0.25) is 0 Å². The number of aliphatic imine (C=N–C) groups is 1. The van der Waals surface area contributed by atoms with Gasteiger partial charge in [-0.3, -0.25) is 4.99 Å². The van der Waals surface area contributed by atoms with Crippen molar-refractivity contribution < 1.29 is 0 Å². The van der Waals surface area contributed by atoms with Gasteiger partial charge < -0.3 is 5.32 Å². The first-order valence-electron chi connectivity index (χ1n) is 8.14. The van der Waals surface area contributed by atoms with Crippen molar-refractivity contribution in [3.05, 3.63) is 58.9 Å². The van der Waals surface area contributed by atoms with Gasteiger partial charge in [-0.1, -0.05) is 49.8 Å². The summed E-state index contributed by atoms with van der Waals surface area (Å²) >= 11 is 0. The lowest BCUT2D eigenvalue weighted by Crippen LogP contribution is -2.17. The molecule has 0 saturated carbocycles. The molecule has 2 heteroatoms. The summed E-state index contributed by atoms with van der Waals surface area (Å²) in [7, 11) is 0.